The third kappa shape index (κ3) is 3.58. The Morgan fingerprint density at radius 3 is 2.67 bits per heavy atom. The number of aromatic nitrogens is 2. The van der Waals surface area contributed by atoms with Crippen LogP contribution in [-0.4, -0.2) is 16.1 Å². The Kier molecular flexibility index (Phi) is 3.66. The number of aromatic amines is 1. The highest BCUT2D eigenvalue weighted by Gasteiger charge is 2.06. The van der Waals surface area contributed by atoms with Crippen molar-refractivity contribution in [2.24, 2.45) is 0 Å². The van der Waals surface area contributed by atoms with Crippen LogP contribution in [-0.2, 0) is 4.79 Å². The number of carbonyl (C=O) groups is 1. The van der Waals surface area contributed by atoms with Crippen molar-refractivity contribution in [2.75, 3.05) is 5.32 Å². The van der Waals surface area contributed by atoms with Crippen molar-refractivity contribution in [2.45, 2.75) is 33.6 Å². The van der Waals surface area contributed by atoms with Crippen LogP contribution in [0, 0.1) is 0 Å². The molecule has 0 atom stereocenters. The van der Waals surface area contributed by atoms with Crippen LogP contribution >= 0.6 is 0 Å². The maximum absolute atomic E-state index is 11.4. The molecular weight excluding hydrogens is 190 g/mol. The Balaban J connectivity index is 2.65. The highest BCUT2D eigenvalue weighted by molar-refractivity contribution is 5.99. The van der Waals surface area contributed by atoms with Gasteiger partial charge in [0.25, 0.3) is 0 Å². The average Bonchev–Trinajstić information content (AvgIpc) is 2.50. The topological polar surface area (TPSA) is 57.8 Å². The smallest absolute Gasteiger partial charge is 0.249 e. The molecule has 2 N–H and O–H groups in total. The van der Waals surface area contributed by atoms with Gasteiger partial charge in [-0.15, -0.1) is 0 Å². The van der Waals surface area contributed by atoms with Crippen molar-refractivity contribution in [1.82, 2.24) is 10.2 Å². The molecule has 0 fully saturated rings. The summed E-state index contributed by atoms with van der Waals surface area (Å²) < 4.78 is 0. The third-order valence-electron chi connectivity index (χ3n) is 1.89. The highest BCUT2D eigenvalue weighted by Crippen LogP contribution is 2.14. The van der Waals surface area contributed by atoms with Gasteiger partial charge in [-0.1, -0.05) is 19.4 Å². The zero-order chi connectivity index (χ0) is 11.4. The van der Waals surface area contributed by atoms with Crippen molar-refractivity contribution in [3.63, 3.8) is 0 Å². The van der Waals surface area contributed by atoms with Gasteiger partial charge in [-0.2, -0.15) is 5.10 Å². The number of rotatable bonds is 3. The van der Waals surface area contributed by atoms with E-state index in [1.807, 2.05) is 19.9 Å². The number of amides is 1. The second kappa shape index (κ2) is 4.77. The summed E-state index contributed by atoms with van der Waals surface area (Å²) in [6, 6.07) is 1.85. The van der Waals surface area contributed by atoms with E-state index in [1.54, 1.807) is 6.08 Å². The van der Waals surface area contributed by atoms with Gasteiger partial charge < -0.3 is 5.32 Å². The fourth-order valence-corrected chi connectivity index (χ4v) is 1.12. The van der Waals surface area contributed by atoms with E-state index in [0.717, 1.165) is 11.3 Å². The van der Waals surface area contributed by atoms with Crippen LogP contribution in [0.5, 0.6) is 0 Å². The first kappa shape index (κ1) is 11.5. The average molecular weight is 207 g/mol. The molecule has 1 aromatic heterocycles. The predicted octanol–water partition coefficient (Wildman–Crippen LogP) is 2.44. The maximum Gasteiger partial charge on any atom is 0.249 e. The van der Waals surface area contributed by atoms with Crippen LogP contribution in [0.4, 0.5) is 5.82 Å². The zero-order valence-electron chi connectivity index (χ0n) is 9.59. The Labute approximate surface area is 89.8 Å². The fourth-order valence-electron chi connectivity index (χ4n) is 1.12. The van der Waals surface area contributed by atoms with Gasteiger partial charge in [0.2, 0.25) is 5.91 Å². The molecule has 0 bridgehead atoms. The van der Waals surface area contributed by atoms with Gasteiger partial charge in [-0.05, 0) is 19.8 Å². The molecule has 1 rings (SSSR count). The molecule has 4 nitrogen and oxygen atoms in total. The molecule has 1 amide bonds. The number of allylic oxidation sites excluding steroid dienone is 1. The third-order valence-corrected chi connectivity index (χ3v) is 1.89. The van der Waals surface area contributed by atoms with Crippen LogP contribution < -0.4 is 5.32 Å². The molecule has 0 aromatic carbocycles. The standard InChI is InChI=1S/C11H17N3O/c1-7(2)5-11(15)12-10-6-9(8(3)4)13-14-10/h5-6,8H,1-4H3,(H2,12,13,14,15). The first-order valence-corrected chi connectivity index (χ1v) is 5.00. The van der Waals surface area contributed by atoms with E-state index in [0.29, 0.717) is 11.7 Å². The van der Waals surface area contributed by atoms with Crippen molar-refractivity contribution in [1.29, 1.82) is 0 Å². The van der Waals surface area contributed by atoms with Crippen molar-refractivity contribution >= 4 is 11.7 Å². The Morgan fingerprint density at radius 2 is 2.20 bits per heavy atom. The van der Waals surface area contributed by atoms with Gasteiger partial charge in [0, 0.05) is 17.8 Å². The lowest BCUT2D eigenvalue weighted by atomic mass is 10.1. The SMILES string of the molecule is CC(C)=CC(=O)Nc1cc(C(C)C)[nH]n1. The molecule has 0 aliphatic rings. The number of hydrogen-bond acceptors (Lipinski definition) is 2. The largest absolute Gasteiger partial charge is 0.306 e. The fraction of sp³-hybridized carbons (Fsp3) is 0.455. The summed E-state index contributed by atoms with van der Waals surface area (Å²) in [7, 11) is 0. The molecule has 0 saturated heterocycles. The molecule has 0 unspecified atom stereocenters. The molecule has 4 heteroatoms. The van der Waals surface area contributed by atoms with E-state index in [9.17, 15) is 4.79 Å². The number of nitrogens with one attached hydrogen (secondary N) is 2. The Bertz CT molecular complexity index is 373. The molecule has 15 heavy (non-hydrogen) atoms. The first-order valence-electron chi connectivity index (χ1n) is 5.00. The van der Waals surface area contributed by atoms with Crippen LogP contribution in [0.2, 0.25) is 0 Å². The summed E-state index contributed by atoms with van der Waals surface area (Å²) in [5, 5.41) is 9.57. The lowest BCUT2D eigenvalue weighted by Gasteiger charge is -1.97. The summed E-state index contributed by atoms with van der Waals surface area (Å²) in [6.45, 7) is 7.89. The number of carbonyl (C=O) groups excluding carboxylic acids is 1. The molecule has 1 aromatic rings. The monoisotopic (exact) mass is 207 g/mol. The van der Waals surface area contributed by atoms with Crippen LogP contribution in [0.25, 0.3) is 0 Å². The van der Waals surface area contributed by atoms with E-state index in [-0.39, 0.29) is 5.91 Å². The minimum atomic E-state index is -0.142. The summed E-state index contributed by atoms with van der Waals surface area (Å²) in [4.78, 5) is 11.4. The van der Waals surface area contributed by atoms with Crippen molar-refractivity contribution < 1.29 is 4.79 Å². The lowest BCUT2D eigenvalue weighted by Crippen LogP contribution is -2.08. The van der Waals surface area contributed by atoms with E-state index in [2.05, 4.69) is 29.4 Å². The van der Waals surface area contributed by atoms with E-state index in [4.69, 9.17) is 0 Å². The van der Waals surface area contributed by atoms with Gasteiger partial charge in [0.1, 0.15) is 0 Å². The normalized spacial score (nSPS) is 10.2. The first-order chi connectivity index (χ1) is 6.99. The second-order valence-corrected chi connectivity index (χ2v) is 4.07. The maximum atomic E-state index is 11.4. The van der Waals surface area contributed by atoms with E-state index >= 15 is 0 Å². The van der Waals surface area contributed by atoms with Crippen LogP contribution in [0.15, 0.2) is 17.7 Å². The van der Waals surface area contributed by atoms with Gasteiger partial charge in [0.05, 0.1) is 0 Å². The molecule has 0 spiro atoms. The summed E-state index contributed by atoms with van der Waals surface area (Å²) in [6.07, 6.45) is 1.55. The quantitative estimate of drug-likeness (QED) is 0.748. The van der Waals surface area contributed by atoms with Crippen molar-refractivity contribution in [3.05, 3.63) is 23.4 Å². The summed E-state index contributed by atoms with van der Waals surface area (Å²) >= 11 is 0. The number of H-pyrrole nitrogens is 1. The molecule has 0 saturated carbocycles. The summed E-state index contributed by atoms with van der Waals surface area (Å²) in [5.41, 5.74) is 1.98. The molecule has 0 aliphatic carbocycles. The Morgan fingerprint density at radius 1 is 1.53 bits per heavy atom. The van der Waals surface area contributed by atoms with E-state index in [1.165, 1.54) is 0 Å². The van der Waals surface area contributed by atoms with Crippen LogP contribution in [0.3, 0.4) is 0 Å². The number of hydrogen-bond donors (Lipinski definition) is 2. The second-order valence-electron chi connectivity index (χ2n) is 4.07. The molecular formula is C11H17N3O. The number of anilines is 1. The zero-order valence-corrected chi connectivity index (χ0v) is 9.59. The van der Waals surface area contributed by atoms with Crippen molar-refractivity contribution in [3.8, 4) is 0 Å². The van der Waals surface area contributed by atoms with Gasteiger partial charge >= 0.3 is 0 Å². The Hall–Kier alpha value is -1.58. The molecule has 1 heterocycles. The number of nitrogens with zero attached hydrogens (tertiary/aromatic N) is 1. The summed E-state index contributed by atoms with van der Waals surface area (Å²) in [5.74, 6) is 0.810. The minimum absolute atomic E-state index is 0.142. The van der Waals surface area contributed by atoms with E-state index < -0.39 is 0 Å². The molecule has 0 radical (unpaired) electrons. The lowest BCUT2D eigenvalue weighted by molar-refractivity contribution is -0.112. The van der Waals surface area contributed by atoms with Gasteiger partial charge in [0.15, 0.2) is 5.82 Å². The molecule has 82 valence electrons. The minimum Gasteiger partial charge on any atom is -0.306 e. The van der Waals surface area contributed by atoms with Gasteiger partial charge in [-0.25, -0.2) is 0 Å². The molecule has 0 aliphatic heterocycles. The predicted molar refractivity (Wildman–Crippen MR) is 60.7 cm³/mol. The van der Waals surface area contributed by atoms with Gasteiger partial charge in [-0.3, -0.25) is 9.89 Å². The van der Waals surface area contributed by atoms with Crippen LogP contribution in [0.1, 0.15) is 39.3 Å². The highest BCUT2D eigenvalue weighted by atomic mass is 16.1.